The minimum absolute atomic E-state index is 0.0885. The molecule has 5 nitrogen and oxygen atoms in total. The lowest BCUT2D eigenvalue weighted by molar-refractivity contribution is -0.126. The fourth-order valence-electron chi connectivity index (χ4n) is 2.96. The summed E-state index contributed by atoms with van der Waals surface area (Å²) in [6.45, 7) is 0.573. The maximum atomic E-state index is 12.7. The first kappa shape index (κ1) is 12.0. The quantitative estimate of drug-likeness (QED) is 0.901. The Morgan fingerprint density at radius 1 is 1.35 bits per heavy atom. The van der Waals surface area contributed by atoms with E-state index in [1.807, 2.05) is 21.7 Å². The Labute approximate surface area is 120 Å². The van der Waals surface area contributed by atoms with Gasteiger partial charge in [-0.25, -0.2) is 4.79 Å². The highest BCUT2D eigenvalue weighted by Crippen LogP contribution is 2.40. The molecule has 1 aromatic heterocycles. The highest BCUT2D eigenvalue weighted by atomic mass is 32.1. The summed E-state index contributed by atoms with van der Waals surface area (Å²) in [5.74, 6) is 0.0885. The van der Waals surface area contributed by atoms with Crippen LogP contribution in [0.3, 0.4) is 0 Å². The molecule has 1 aromatic rings. The molecule has 0 spiro atoms. The Morgan fingerprint density at radius 3 is 2.80 bits per heavy atom. The fraction of sp³-hybridized carbons (Fsp3) is 0.429. The zero-order chi connectivity index (χ0) is 13.9. The summed E-state index contributed by atoms with van der Waals surface area (Å²) >= 11 is 1.58. The van der Waals surface area contributed by atoms with E-state index in [0.717, 1.165) is 29.7 Å². The minimum atomic E-state index is -0.295. The summed E-state index contributed by atoms with van der Waals surface area (Å²) in [6.07, 6.45) is 2.17. The second kappa shape index (κ2) is 4.09. The van der Waals surface area contributed by atoms with Gasteiger partial charge in [-0.3, -0.25) is 9.69 Å². The van der Waals surface area contributed by atoms with Crippen molar-refractivity contribution < 1.29 is 9.59 Å². The van der Waals surface area contributed by atoms with Crippen molar-refractivity contribution in [2.45, 2.75) is 24.9 Å². The Bertz CT molecular complexity index is 618. The summed E-state index contributed by atoms with van der Waals surface area (Å²) in [5, 5.41) is 6.90. The van der Waals surface area contributed by atoms with Crippen molar-refractivity contribution in [3.63, 3.8) is 0 Å². The van der Waals surface area contributed by atoms with E-state index in [-0.39, 0.29) is 18.0 Å². The predicted octanol–water partition coefficient (Wildman–Crippen LogP) is 1.70. The number of amides is 3. The van der Waals surface area contributed by atoms with Gasteiger partial charge >= 0.3 is 6.03 Å². The Morgan fingerprint density at radius 2 is 2.15 bits per heavy atom. The van der Waals surface area contributed by atoms with E-state index in [1.54, 1.807) is 23.3 Å². The van der Waals surface area contributed by atoms with Crippen LogP contribution in [0.2, 0.25) is 0 Å². The van der Waals surface area contributed by atoms with Gasteiger partial charge < -0.3 is 10.2 Å². The Hall–Kier alpha value is -1.82. The number of nitrogens with zero attached hydrogens (tertiary/aromatic N) is 2. The van der Waals surface area contributed by atoms with E-state index >= 15 is 0 Å². The van der Waals surface area contributed by atoms with Gasteiger partial charge in [-0.05, 0) is 35.2 Å². The third kappa shape index (κ3) is 1.61. The first-order valence-electron chi connectivity index (χ1n) is 6.77. The van der Waals surface area contributed by atoms with Crippen LogP contribution in [0, 0.1) is 0 Å². The van der Waals surface area contributed by atoms with E-state index in [9.17, 15) is 9.59 Å². The second-order valence-corrected chi connectivity index (χ2v) is 6.30. The molecule has 1 atom stereocenters. The van der Waals surface area contributed by atoms with Gasteiger partial charge in [0.25, 0.3) is 5.91 Å². The van der Waals surface area contributed by atoms with Crippen LogP contribution >= 0.6 is 11.3 Å². The van der Waals surface area contributed by atoms with Gasteiger partial charge in [0.1, 0.15) is 0 Å². The lowest BCUT2D eigenvalue weighted by Gasteiger charge is -2.30. The molecule has 104 valence electrons. The van der Waals surface area contributed by atoms with Crippen LogP contribution in [0.25, 0.3) is 0 Å². The van der Waals surface area contributed by atoms with Crippen LogP contribution in [-0.4, -0.2) is 41.4 Å². The first-order chi connectivity index (χ1) is 9.66. The lowest BCUT2D eigenvalue weighted by atomic mass is 9.98. The molecular weight excluding hydrogens is 274 g/mol. The lowest BCUT2D eigenvalue weighted by Crippen LogP contribution is -2.45. The largest absolute Gasteiger partial charge is 0.330 e. The molecule has 20 heavy (non-hydrogen) atoms. The number of nitrogens with one attached hydrogen (secondary N) is 1. The van der Waals surface area contributed by atoms with Crippen LogP contribution in [-0.2, 0) is 4.79 Å². The molecule has 1 aliphatic carbocycles. The maximum absolute atomic E-state index is 12.7. The van der Waals surface area contributed by atoms with Crippen molar-refractivity contribution in [1.82, 2.24) is 15.1 Å². The second-order valence-electron chi connectivity index (χ2n) is 5.52. The highest BCUT2D eigenvalue weighted by Gasteiger charge is 2.46. The number of carbonyl (C=O) groups is 2. The number of likely N-dealkylation sites (N-methyl/N-ethyl adjacent to an activating group) is 1. The van der Waals surface area contributed by atoms with E-state index < -0.39 is 0 Å². The average Bonchev–Trinajstić information content (AvgIpc) is 3.00. The first-order valence-corrected chi connectivity index (χ1v) is 7.71. The molecule has 0 unspecified atom stereocenters. The van der Waals surface area contributed by atoms with Crippen molar-refractivity contribution in [1.29, 1.82) is 0 Å². The van der Waals surface area contributed by atoms with E-state index in [4.69, 9.17) is 0 Å². The molecule has 1 saturated carbocycles. The number of hydrogen-bond donors (Lipinski definition) is 1. The normalized spacial score (nSPS) is 26.1. The topological polar surface area (TPSA) is 52.7 Å². The van der Waals surface area contributed by atoms with Crippen LogP contribution in [0.15, 0.2) is 28.1 Å². The van der Waals surface area contributed by atoms with E-state index in [1.165, 1.54) is 0 Å². The van der Waals surface area contributed by atoms with Crippen LogP contribution in [0.5, 0.6) is 0 Å². The van der Waals surface area contributed by atoms with Crippen LogP contribution < -0.4 is 5.32 Å². The molecule has 2 aliphatic heterocycles. The van der Waals surface area contributed by atoms with Crippen molar-refractivity contribution in [3.8, 4) is 0 Å². The monoisotopic (exact) mass is 289 g/mol. The van der Waals surface area contributed by atoms with Gasteiger partial charge in [-0.2, -0.15) is 11.3 Å². The van der Waals surface area contributed by atoms with Gasteiger partial charge in [0.2, 0.25) is 0 Å². The van der Waals surface area contributed by atoms with Crippen molar-refractivity contribution in [2.75, 3.05) is 13.6 Å². The van der Waals surface area contributed by atoms with Gasteiger partial charge in [-0.15, -0.1) is 0 Å². The number of rotatable bonds is 2. The molecule has 3 heterocycles. The minimum Gasteiger partial charge on any atom is -0.330 e. The zero-order valence-electron chi connectivity index (χ0n) is 11.1. The van der Waals surface area contributed by atoms with Crippen molar-refractivity contribution in [3.05, 3.63) is 33.7 Å². The molecule has 0 aromatic carbocycles. The number of urea groups is 1. The molecule has 1 fully saturated rings. The van der Waals surface area contributed by atoms with Gasteiger partial charge in [0.05, 0.1) is 23.9 Å². The molecular formula is C14H15N3O2S. The molecule has 0 saturated heterocycles. The van der Waals surface area contributed by atoms with Gasteiger partial charge in [0.15, 0.2) is 0 Å². The average molecular weight is 289 g/mol. The highest BCUT2D eigenvalue weighted by molar-refractivity contribution is 7.08. The van der Waals surface area contributed by atoms with Crippen LogP contribution in [0.1, 0.15) is 24.4 Å². The van der Waals surface area contributed by atoms with E-state index in [2.05, 4.69) is 5.32 Å². The van der Waals surface area contributed by atoms with Gasteiger partial charge in [-0.1, -0.05) is 0 Å². The summed E-state index contributed by atoms with van der Waals surface area (Å²) < 4.78 is 0. The summed E-state index contributed by atoms with van der Waals surface area (Å²) in [6, 6.07) is 1.92. The molecule has 3 amide bonds. The molecule has 0 bridgehead atoms. The van der Waals surface area contributed by atoms with Crippen LogP contribution in [0.4, 0.5) is 4.79 Å². The number of carbonyl (C=O) groups excluding carboxylic acids is 2. The summed E-state index contributed by atoms with van der Waals surface area (Å²) in [4.78, 5) is 28.3. The summed E-state index contributed by atoms with van der Waals surface area (Å²) in [7, 11) is 1.73. The molecule has 3 aliphatic rings. The van der Waals surface area contributed by atoms with Gasteiger partial charge in [0, 0.05) is 13.1 Å². The Balaban J connectivity index is 1.77. The third-order valence-corrected chi connectivity index (χ3v) is 4.95. The van der Waals surface area contributed by atoms with Crippen molar-refractivity contribution >= 4 is 23.3 Å². The number of thiophene rings is 1. The SMILES string of the molecule is CN1C(=O)N[C@H](c2ccsc2)C2=C1CN(C1CC1)C2=O. The standard InChI is InChI=1S/C14H15N3O2S/c1-16-10-6-17(9-2-3-9)13(18)11(10)12(15-14(16)19)8-4-5-20-7-8/h4-5,7,9,12H,2-3,6H2,1H3,(H,15,19)/t12-/m1/s1. The van der Waals surface area contributed by atoms with Crippen molar-refractivity contribution in [2.24, 2.45) is 0 Å². The summed E-state index contributed by atoms with van der Waals surface area (Å²) in [5.41, 5.74) is 2.61. The number of hydrogen-bond acceptors (Lipinski definition) is 3. The third-order valence-electron chi connectivity index (χ3n) is 4.25. The molecule has 6 heteroatoms. The molecule has 4 rings (SSSR count). The molecule has 1 N–H and O–H groups in total. The van der Waals surface area contributed by atoms with E-state index in [0.29, 0.717) is 12.6 Å². The zero-order valence-corrected chi connectivity index (χ0v) is 11.9. The Kier molecular flexibility index (Phi) is 2.44. The smallest absolute Gasteiger partial charge is 0.322 e. The maximum Gasteiger partial charge on any atom is 0.322 e. The molecule has 0 radical (unpaired) electrons. The fourth-order valence-corrected chi connectivity index (χ4v) is 3.64. The predicted molar refractivity (Wildman–Crippen MR) is 75.1 cm³/mol.